The molecule has 1 N–H and O–H groups in total. The zero-order chi connectivity index (χ0) is 20.7. The van der Waals surface area contributed by atoms with Crippen LogP contribution in [0.25, 0.3) is 0 Å². The first-order valence-electron chi connectivity index (χ1n) is 10.8. The largest absolute Gasteiger partial charge is 0.469 e. The average Bonchev–Trinajstić information content (AvgIpc) is 2.78. The molecule has 0 amide bonds. The van der Waals surface area contributed by atoms with Crippen LogP contribution in [-0.4, -0.2) is 35.6 Å². The van der Waals surface area contributed by atoms with E-state index < -0.39 is 0 Å². The van der Waals surface area contributed by atoms with Gasteiger partial charge in [0.05, 0.1) is 13.0 Å². The fraction of sp³-hybridized carbons (Fsp3) is 0.522. The number of hydrogen-bond acceptors (Lipinski definition) is 6. The molecule has 3 aliphatic carbocycles. The number of anilines is 2. The van der Waals surface area contributed by atoms with Gasteiger partial charge in [0.2, 0.25) is 0 Å². The predicted molar refractivity (Wildman–Crippen MR) is 119 cm³/mol. The minimum Gasteiger partial charge on any atom is -0.469 e. The maximum Gasteiger partial charge on any atom is 0.311 e. The lowest BCUT2D eigenvalue weighted by molar-refractivity contribution is -0.152. The molecule has 2 aromatic rings. The van der Waals surface area contributed by atoms with Crippen LogP contribution in [0.3, 0.4) is 0 Å². The van der Waals surface area contributed by atoms with E-state index in [0.717, 1.165) is 56.8 Å². The van der Waals surface area contributed by atoms with Gasteiger partial charge in [-0.3, -0.25) is 4.79 Å². The first-order valence-corrected chi connectivity index (χ1v) is 11.6. The van der Waals surface area contributed by atoms with Crippen LogP contribution < -0.4 is 10.2 Å². The van der Waals surface area contributed by atoms with Gasteiger partial charge < -0.3 is 15.0 Å². The van der Waals surface area contributed by atoms with Crippen LogP contribution in [0.1, 0.15) is 36.8 Å². The Morgan fingerprint density at radius 2 is 1.87 bits per heavy atom. The highest BCUT2D eigenvalue weighted by atomic mass is 79.9. The molecule has 4 aliphatic rings. The van der Waals surface area contributed by atoms with Gasteiger partial charge in [-0.1, -0.05) is 24.3 Å². The molecule has 0 radical (unpaired) electrons. The van der Waals surface area contributed by atoms with Crippen molar-refractivity contribution in [3.63, 3.8) is 0 Å². The molecule has 30 heavy (non-hydrogen) atoms. The molecule has 0 unspecified atom stereocenters. The second-order valence-electron chi connectivity index (χ2n) is 8.71. The highest BCUT2D eigenvalue weighted by Crippen LogP contribution is 2.46. The Kier molecular flexibility index (Phi) is 5.39. The minimum atomic E-state index is -0.0958. The van der Waals surface area contributed by atoms with Gasteiger partial charge in [0.25, 0.3) is 0 Å². The number of esters is 1. The lowest BCUT2D eigenvalue weighted by Crippen LogP contribution is -2.51. The van der Waals surface area contributed by atoms with Crippen LogP contribution in [0.2, 0.25) is 0 Å². The molecule has 3 saturated carbocycles. The van der Waals surface area contributed by atoms with E-state index >= 15 is 0 Å². The van der Waals surface area contributed by atoms with Crippen LogP contribution in [0.15, 0.2) is 35.1 Å². The molecule has 1 aromatic carbocycles. The number of carbonyl (C=O) groups excluding carboxylic acids is 1. The van der Waals surface area contributed by atoms with Crippen molar-refractivity contribution < 1.29 is 9.53 Å². The maximum atomic E-state index is 12.5. The summed E-state index contributed by atoms with van der Waals surface area (Å²) in [5, 5.41) is 3.61. The monoisotopic (exact) mass is 470 g/mol. The van der Waals surface area contributed by atoms with E-state index in [1.807, 2.05) is 6.07 Å². The third-order valence-electron chi connectivity index (χ3n) is 7.15. The molecule has 7 heteroatoms. The number of methoxy groups -OCH3 is 1. The quantitative estimate of drug-likeness (QED) is 0.533. The molecule has 2 heterocycles. The number of hydrogen-bond donors (Lipinski definition) is 1. The van der Waals surface area contributed by atoms with Crippen LogP contribution in [-0.2, 0) is 22.5 Å². The smallest absolute Gasteiger partial charge is 0.311 e. The molecule has 3 fully saturated rings. The Balaban J connectivity index is 1.39. The molecule has 0 saturated heterocycles. The molecule has 2 bridgehead atoms. The topological polar surface area (TPSA) is 67.3 Å². The second-order valence-corrected chi connectivity index (χ2v) is 9.42. The molecule has 1 aliphatic heterocycles. The van der Waals surface area contributed by atoms with Gasteiger partial charge >= 0.3 is 5.97 Å². The zero-order valence-corrected chi connectivity index (χ0v) is 18.8. The van der Waals surface area contributed by atoms with E-state index in [9.17, 15) is 4.79 Å². The summed E-state index contributed by atoms with van der Waals surface area (Å²) in [5.74, 6) is 2.38. The fourth-order valence-corrected chi connectivity index (χ4v) is 6.01. The Hall–Kier alpha value is -2.15. The number of nitrogens with zero attached hydrogens (tertiary/aromatic N) is 3. The van der Waals surface area contributed by atoms with Gasteiger partial charge in [0, 0.05) is 25.2 Å². The van der Waals surface area contributed by atoms with E-state index in [1.54, 1.807) is 0 Å². The Morgan fingerprint density at radius 3 is 2.63 bits per heavy atom. The highest BCUT2D eigenvalue weighted by molar-refractivity contribution is 9.10. The molecular weight excluding hydrogens is 444 g/mol. The summed E-state index contributed by atoms with van der Waals surface area (Å²) in [5.41, 5.74) is 2.77. The molecule has 158 valence electrons. The Labute approximate surface area is 185 Å². The van der Waals surface area contributed by atoms with Gasteiger partial charge in [-0.15, -0.1) is 0 Å². The van der Waals surface area contributed by atoms with Gasteiger partial charge in [-0.05, 0) is 71.0 Å². The van der Waals surface area contributed by atoms with Crippen molar-refractivity contribution in [1.29, 1.82) is 0 Å². The second kappa shape index (κ2) is 8.17. The summed E-state index contributed by atoms with van der Waals surface area (Å²) in [6.07, 6.45) is 5.58. The molecule has 1 aromatic heterocycles. The number of carbonyl (C=O) groups is 1. The van der Waals surface area contributed by atoms with Gasteiger partial charge in [-0.2, -0.15) is 0 Å². The average molecular weight is 471 g/mol. The van der Waals surface area contributed by atoms with E-state index in [2.05, 4.69) is 60.4 Å². The van der Waals surface area contributed by atoms with E-state index in [4.69, 9.17) is 4.74 Å². The molecule has 6 rings (SSSR count). The normalized spacial score (nSPS) is 27.5. The van der Waals surface area contributed by atoms with E-state index in [1.165, 1.54) is 18.2 Å². The SMILES string of the molecule is COC(=O)[C@@H]1C2CCC(CC2)[C@H]1Nc1cc(N2CCc3ccccc3C2)nc(Br)n1. The third kappa shape index (κ3) is 3.68. The number of benzene rings is 1. The van der Waals surface area contributed by atoms with Crippen molar-refractivity contribution in [3.8, 4) is 0 Å². The number of ether oxygens (including phenoxy) is 1. The summed E-state index contributed by atoms with van der Waals surface area (Å²) >= 11 is 3.49. The zero-order valence-electron chi connectivity index (χ0n) is 17.2. The summed E-state index contributed by atoms with van der Waals surface area (Å²) in [7, 11) is 1.50. The molecule has 2 atom stereocenters. The fourth-order valence-electron chi connectivity index (χ4n) is 5.64. The van der Waals surface area contributed by atoms with Gasteiger partial charge in [0.1, 0.15) is 11.6 Å². The standard InChI is InChI=1S/C23H27BrN4O2/c1-30-22(29)20-15-6-8-16(9-7-15)21(20)25-18-12-19(27-23(24)26-18)28-11-10-14-4-2-3-5-17(14)13-28/h2-5,12,15-16,20-21H,6-11,13H2,1H3,(H,25,26,27)/t15?,16?,20-,21-/m1/s1. The maximum absolute atomic E-state index is 12.5. The van der Waals surface area contributed by atoms with Crippen molar-refractivity contribution in [1.82, 2.24) is 9.97 Å². The van der Waals surface area contributed by atoms with Crippen LogP contribution in [0, 0.1) is 17.8 Å². The van der Waals surface area contributed by atoms with Gasteiger partial charge in [0.15, 0.2) is 4.73 Å². The number of rotatable bonds is 4. The Bertz CT molecular complexity index is 945. The molecular formula is C23H27BrN4O2. The minimum absolute atomic E-state index is 0.0710. The van der Waals surface area contributed by atoms with Gasteiger partial charge in [-0.25, -0.2) is 9.97 Å². The first-order chi connectivity index (χ1) is 14.6. The summed E-state index contributed by atoms with van der Waals surface area (Å²) in [6.45, 7) is 1.77. The molecule has 6 nitrogen and oxygen atoms in total. The van der Waals surface area contributed by atoms with Crippen molar-refractivity contribution >= 4 is 33.5 Å². The molecule has 0 spiro atoms. The highest BCUT2D eigenvalue weighted by Gasteiger charge is 2.48. The van der Waals surface area contributed by atoms with Crippen LogP contribution in [0.5, 0.6) is 0 Å². The summed E-state index contributed by atoms with van der Waals surface area (Å²) < 4.78 is 5.72. The lowest BCUT2D eigenvalue weighted by Gasteiger charge is -2.47. The number of halogens is 1. The first kappa shape index (κ1) is 19.8. The Morgan fingerprint density at radius 1 is 1.13 bits per heavy atom. The van der Waals surface area contributed by atoms with E-state index in [0.29, 0.717) is 16.6 Å². The van der Waals surface area contributed by atoms with E-state index in [-0.39, 0.29) is 17.9 Å². The number of fused-ring (bicyclic) bond motifs is 4. The third-order valence-corrected chi connectivity index (χ3v) is 7.50. The number of aromatic nitrogens is 2. The van der Waals surface area contributed by atoms with Crippen LogP contribution >= 0.6 is 15.9 Å². The van der Waals surface area contributed by atoms with Crippen molar-refractivity contribution in [2.75, 3.05) is 23.9 Å². The number of nitrogens with one attached hydrogen (secondary N) is 1. The predicted octanol–water partition coefficient (Wildman–Crippen LogP) is 4.19. The van der Waals surface area contributed by atoms with Crippen LogP contribution in [0.4, 0.5) is 11.6 Å². The van der Waals surface area contributed by atoms with Crippen molar-refractivity contribution in [2.45, 2.75) is 44.7 Å². The summed E-state index contributed by atoms with van der Waals surface area (Å²) in [4.78, 5) is 24.1. The lowest BCUT2D eigenvalue weighted by atomic mass is 9.61. The van der Waals surface area contributed by atoms with Crippen molar-refractivity contribution in [3.05, 3.63) is 46.2 Å². The van der Waals surface area contributed by atoms with Crippen molar-refractivity contribution in [2.24, 2.45) is 17.8 Å². The summed E-state index contributed by atoms with van der Waals surface area (Å²) in [6, 6.07) is 10.7.